The highest BCUT2D eigenvalue weighted by atomic mass is 16.6. The van der Waals surface area contributed by atoms with Gasteiger partial charge in [0.05, 0.1) is 12.0 Å². The van der Waals surface area contributed by atoms with Gasteiger partial charge in [0.1, 0.15) is 0 Å². The van der Waals surface area contributed by atoms with Crippen LogP contribution >= 0.6 is 0 Å². The molecule has 1 aromatic carbocycles. The molecule has 0 spiro atoms. The molecule has 1 aliphatic heterocycles. The number of nitrogens with zero attached hydrogens (tertiary/aromatic N) is 1. The molecular formula is C14H19N3O3. The SMILES string of the molecule is COc1cc(NCCC2=CCNCC2)ccc1[N+](=O)[O-]. The fourth-order valence-corrected chi connectivity index (χ4v) is 2.20. The summed E-state index contributed by atoms with van der Waals surface area (Å²) >= 11 is 0. The molecular weight excluding hydrogens is 258 g/mol. The number of ether oxygens (including phenoxy) is 1. The average molecular weight is 277 g/mol. The number of nitro groups is 1. The molecule has 20 heavy (non-hydrogen) atoms. The molecule has 0 saturated carbocycles. The van der Waals surface area contributed by atoms with Gasteiger partial charge < -0.3 is 15.4 Å². The quantitative estimate of drug-likeness (QED) is 0.474. The summed E-state index contributed by atoms with van der Waals surface area (Å²) in [6.45, 7) is 2.80. The molecule has 108 valence electrons. The maximum absolute atomic E-state index is 10.8. The topological polar surface area (TPSA) is 76.4 Å². The van der Waals surface area contributed by atoms with E-state index in [0.29, 0.717) is 0 Å². The van der Waals surface area contributed by atoms with Gasteiger partial charge in [-0.05, 0) is 25.5 Å². The molecule has 0 unspecified atom stereocenters. The molecule has 0 aromatic heterocycles. The maximum Gasteiger partial charge on any atom is 0.311 e. The van der Waals surface area contributed by atoms with Gasteiger partial charge in [0.15, 0.2) is 5.75 Å². The van der Waals surface area contributed by atoms with Gasteiger partial charge in [-0.25, -0.2) is 0 Å². The predicted octanol–water partition coefficient (Wildman–Crippen LogP) is 2.33. The zero-order chi connectivity index (χ0) is 14.4. The number of hydrogen-bond donors (Lipinski definition) is 2. The fourth-order valence-electron chi connectivity index (χ4n) is 2.20. The van der Waals surface area contributed by atoms with Gasteiger partial charge in [-0.15, -0.1) is 0 Å². The minimum Gasteiger partial charge on any atom is -0.490 e. The van der Waals surface area contributed by atoms with Crippen LogP contribution in [0.1, 0.15) is 12.8 Å². The Labute approximate surface area is 118 Å². The lowest BCUT2D eigenvalue weighted by Gasteiger charge is -2.14. The molecule has 2 rings (SSSR count). The minimum absolute atomic E-state index is 0.0147. The molecule has 0 saturated heterocycles. The molecule has 1 aromatic rings. The van der Waals surface area contributed by atoms with Crippen molar-refractivity contribution >= 4 is 11.4 Å². The second-order valence-electron chi connectivity index (χ2n) is 4.64. The van der Waals surface area contributed by atoms with Gasteiger partial charge in [-0.1, -0.05) is 11.6 Å². The molecule has 2 N–H and O–H groups in total. The van der Waals surface area contributed by atoms with Gasteiger partial charge in [-0.2, -0.15) is 0 Å². The van der Waals surface area contributed by atoms with Crippen molar-refractivity contribution in [2.45, 2.75) is 12.8 Å². The smallest absolute Gasteiger partial charge is 0.311 e. The van der Waals surface area contributed by atoms with Crippen molar-refractivity contribution in [2.24, 2.45) is 0 Å². The van der Waals surface area contributed by atoms with Crippen molar-refractivity contribution in [3.05, 3.63) is 40.0 Å². The summed E-state index contributed by atoms with van der Waals surface area (Å²) in [7, 11) is 1.44. The Hall–Kier alpha value is -2.08. The monoisotopic (exact) mass is 277 g/mol. The molecule has 1 heterocycles. The van der Waals surface area contributed by atoms with E-state index in [0.717, 1.165) is 38.2 Å². The van der Waals surface area contributed by atoms with Crippen molar-refractivity contribution in [3.63, 3.8) is 0 Å². The summed E-state index contributed by atoms with van der Waals surface area (Å²) in [5.41, 5.74) is 2.27. The van der Waals surface area contributed by atoms with E-state index in [-0.39, 0.29) is 11.4 Å². The Kier molecular flexibility index (Phi) is 4.95. The van der Waals surface area contributed by atoms with Crippen molar-refractivity contribution in [1.82, 2.24) is 5.32 Å². The Morgan fingerprint density at radius 3 is 3.00 bits per heavy atom. The highest BCUT2D eigenvalue weighted by molar-refractivity contribution is 5.57. The third kappa shape index (κ3) is 3.71. The lowest BCUT2D eigenvalue weighted by atomic mass is 10.1. The van der Waals surface area contributed by atoms with Crippen LogP contribution in [0.3, 0.4) is 0 Å². The van der Waals surface area contributed by atoms with E-state index in [1.807, 2.05) is 0 Å². The van der Waals surface area contributed by atoms with Gasteiger partial charge in [0.2, 0.25) is 0 Å². The van der Waals surface area contributed by atoms with E-state index in [4.69, 9.17) is 4.74 Å². The lowest BCUT2D eigenvalue weighted by molar-refractivity contribution is -0.385. The van der Waals surface area contributed by atoms with Gasteiger partial charge >= 0.3 is 5.69 Å². The number of anilines is 1. The van der Waals surface area contributed by atoms with E-state index in [9.17, 15) is 10.1 Å². The summed E-state index contributed by atoms with van der Waals surface area (Å²) in [4.78, 5) is 10.4. The fraction of sp³-hybridized carbons (Fsp3) is 0.429. The molecule has 6 heteroatoms. The summed E-state index contributed by atoms with van der Waals surface area (Å²) in [6.07, 6.45) is 4.30. The van der Waals surface area contributed by atoms with Crippen LogP contribution in [0.4, 0.5) is 11.4 Å². The van der Waals surface area contributed by atoms with Crippen molar-refractivity contribution < 1.29 is 9.66 Å². The highest BCUT2D eigenvalue weighted by Gasteiger charge is 2.14. The largest absolute Gasteiger partial charge is 0.490 e. The first-order valence-electron chi connectivity index (χ1n) is 6.65. The zero-order valence-corrected chi connectivity index (χ0v) is 11.5. The number of nitrogens with one attached hydrogen (secondary N) is 2. The summed E-state index contributed by atoms with van der Waals surface area (Å²) in [5, 5.41) is 17.4. The Morgan fingerprint density at radius 2 is 2.35 bits per heavy atom. The standard InChI is InChI=1S/C14H19N3O3/c1-20-14-10-12(2-3-13(14)17(18)19)16-9-6-11-4-7-15-8-5-11/h2-4,10,15-16H,5-9H2,1H3. The molecule has 0 amide bonds. The van der Waals surface area contributed by atoms with Gasteiger partial charge in [-0.3, -0.25) is 10.1 Å². The van der Waals surface area contributed by atoms with E-state index >= 15 is 0 Å². The third-order valence-electron chi connectivity index (χ3n) is 3.31. The second kappa shape index (κ2) is 6.91. The van der Waals surface area contributed by atoms with Gasteiger partial charge in [0, 0.05) is 30.9 Å². The summed E-state index contributed by atoms with van der Waals surface area (Å²) in [6, 6.07) is 4.83. The predicted molar refractivity (Wildman–Crippen MR) is 78.3 cm³/mol. The van der Waals surface area contributed by atoms with Crippen molar-refractivity contribution in [1.29, 1.82) is 0 Å². The normalized spacial score (nSPS) is 14.6. The second-order valence-corrected chi connectivity index (χ2v) is 4.64. The number of benzene rings is 1. The van der Waals surface area contributed by atoms with Crippen molar-refractivity contribution in [2.75, 3.05) is 32.1 Å². The Morgan fingerprint density at radius 1 is 1.50 bits per heavy atom. The molecule has 0 radical (unpaired) electrons. The van der Waals surface area contributed by atoms with Crippen LogP contribution in [0.25, 0.3) is 0 Å². The maximum atomic E-state index is 10.8. The third-order valence-corrected chi connectivity index (χ3v) is 3.31. The van der Waals surface area contributed by atoms with Crippen LogP contribution < -0.4 is 15.4 Å². The number of hydrogen-bond acceptors (Lipinski definition) is 5. The Bertz CT molecular complexity index is 514. The molecule has 0 fully saturated rings. The molecule has 0 aliphatic carbocycles. The number of methoxy groups -OCH3 is 1. The molecule has 1 aliphatic rings. The number of nitro benzene ring substituents is 1. The van der Waals surface area contributed by atoms with Crippen LogP contribution in [0.5, 0.6) is 5.75 Å². The first-order valence-corrected chi connectivity index (χ1v) is 6.65. The van der Waals surface area contributed by atoms with Crippen LogP contribution in [0, 0.1) is 10.1 Å². The van der Waals surface area contributed by atoms with Crippen LogP contribution in [-0.4, -0.2) is 31.7 Å². The molecule has 0 atom stereocenters. The summed E-state index contributed by atoms with van der Waals surface area (Å²) < 4.78 is 5.04. The minimum atomic E-state index is -0.442. The van der Waals surface area contributed by atoms with E-state index in [1.54, 1.807) is 12.1 Å². The zero-order valence-electron chi connectivity index (χ0n) is 11.5. The lowest BCUT2D eigenvalue weighted by Crippen LogP contribution is -2.21. The molecule has 0 bridgehead atoms. The van der Waals surface area contributed by atoms with Crippen molar-refractivity contribution in [3.8, 4) is 5.75 Å². The average Bonchev–Trinajstić information content (AvgIpc) is 2.48. The number of rotatable bonds is 6. The van der Waals surface area contributed by atoms with Crippen LogP contribution in [0.15, 0.2) is 29.8 Å². The van der Waals surface area contributed by atoms with Crippen LogP contribution in [0.2, 0.25) is 0 Å². The van der Waals surface area contributed by atoms with E-state index < -0.39 is 4.92 Å². The van der Waals surface area contributed by atoms with E-state index in [1.165, 1.54) is 18.7 Å². The summed E-state index contributed by atoms with van der Waals surface area (Å²) in [5.74, 6) is 0.279. The first kappa shape index (κ1) is 14.3. The van der Waals surface area contributed by atoms with Gasteiger partial charge in [0.25, 0.3) is 0 Å². The van der Waals surface area contributed by atoms with Crippen LogP contribution in [-0.2, 0) is 0 Å². The van der Waals surface area contributed by atoms with E-state index in [2.05, 4.69) is 16.7 Å². The highest BCUT2D eigenvalue weighted by Crippen LogP contribution is 2.29. The Balaban J connectivity index is 1.92. The first-order chi connectivity index (χ1) is 9.70. The molecule has 6 nitrogen and oxygen atoms in total.